The normalized spacial score (nSPS) is 23.1. The van der Waals surface area contributed by atoms with Gasteiger partial charge in [-0.2, -0.15) is 0 Å². The molecule has 1 aromatic heterocycles. The molecule has 19 heavy (non-hydrogen) atoms. The molecule has 4 nitrogen and oxygen atoms in total. The minimum atomic E-state index is 0.139. The minimum Gasteiger partial charge on any atom is -0.331 e. The number of rotatable bonds is 3. The van der Waals surface area contributed by atoms with Crippen molar-refractivity contribution in [3.05, 3.63) is 30.1 Å². The zero-order valence-corrected chi connectivity index (χ0v) is 11.4. The Kier molecular flexibility index (Phi) is 3.11. The molecule has 1 saturated heterocycles. The molecule has 0 aliphatic carbocycles. The fourth-order valence-electron chi connectivity index (χ4n) is 2.88. The van der Waals surface area contributed by atoms with Gasteiger partial charge in [0.1, 0.15) is 11.6 Å². The summed E-state index contributed by atoms with van der Waals surface area (Å²) in [4.78, 5) is 16.9. The van der Waals surface area contributed by atoms with Crippen molar-refractivity contribution in [2.45, 2.75) is 13.3 Å². The summed E-state index contributed by atoms with van der Waals surface area (Å²) in [5.41, 5.74) is 2.05. The molecule has 0 radical (unpaired) electrons. The third-order valence-electron chi connectivity index (χ3n) is 4.14. The summed E-state index contributed by atoms with van der Waals surface area (Å²) in [6.45, 7) is 3.89. The van der Waals surface area contributed by atoms with Crippen LogP contribution in [0.5, 0.6) is 0 Å². The van der Waals surface area contributed by atoms with Crippen molar-refractivity contribution in [3.63, 3.8) is 0 Å². The standard InChI is InChI=1S/C15H19N3O/c1-10-8-16-9-11(10)14(19)7-15-17-12-5-3-4-6-13(12)18(15)2/h3-6,10-11,16H,7-9H2,1-2H3. The Labute approximate surface area is 112 Å². The number of imidazole rings is 1. The molecule has 4 heteroatoms. The number of fused-ring (bicyclic) bond motifs is 1. The lowest BCUT2D eigenvalue weighted by Crippen LogP contribution is -2.24. The SMILES string of the molecule is CC1CNCC1C(=O)Cc1nc2ccccc2n1C. The molecule has 2 unspecified atom stereocenters. The molecule has 100 valence electrons. The highest BCUT2D eigenvalue weighted by Gasteiger charge is 2.30. The van der Waals surface area contributed by atoms with E-state index in [0.717, 1.165) is 29.9 Å². The number of para-hydroxylation sites is 2. The monoisotopic (exact) mass is 257 g/mol. The first-order valence-corrected chi connectivity index (χ1v) is 6.80. The van der Waals surface area contributed by atoms with Crippen LogP contribution >= 0.6 is 0 Å². The number of Topliss-reactive ketones (excluding diaryl/α,β-unsaturated/α-hetero) is 1. The molecule has 1 aliphatic rings. The van der Waals surface area contributed by atoms with Crippen molar-refractivity contribution in [3.8, 4) is 0 Å². The largest absolute Gasteiger partial charge is 0.331 e. The van der Waals surface area contributed by atoms with E-state index in [1.807, 2.05) is 35.9 Å². The fraction of sp³-hybridized carbons (Fsp3) is 0.467. The first-order chi connectivity index (χ1) is 9.16. The molecule has 0 saturated carbocycles. The van der Waals surface area contributed by atoms with Crippen LogP contribution in [0.1, 0.15) is 12.7 Å². The molecule has 3 rings (SSSR count). The molecule has 2 atom stereocenters. The molecule has 0 amide bonds. The number of aromatic nitrogens is 2. The van der Waals surface area contributed by atoms with Gasteiger partial charge in [0.05, 0.1) is 17.5 Å². The van der Waals surface area contributed by atoms with Gasteiger partial charge in [-0.15, -0.1) is 0 Å². The average molecular weight is 257 g/mol. The highest BCUT2D eigenvalue weighted by molar-refractivity contribution is 5.85. The van der Waals surface area contributed by atoms with Gasteiger partial charge in [-0.05, 0) is 24.6 Å². The van der Waals surface area contributed by atoms with E-state index in [4.69, 9.17) is 0 Å². The lowest BCUT2D eigenvalue weighted by atomic mass is 9.92. The second-order valence-electron chi connectivity index (χ2n) is 5.46. The number of nitrogens with one attached hydrogen (secondary N) is 1. The predicted molar refractivity (Wildman–Crippen MR) is 74.9 cm³/mol. The Hall–Kier alpha value is -1.68. The van der Waals surface area contributed by atoms with Crippen LogP contribution in [-0.4, -0.2) is 28.4 Å². The Morgan fingerprint density at radius 1 is 1.42 bits per heavy atom. The Balaban J connectivity index is 1.85. The number of carbonyl (C=O) groups is 1. The van der Waals surface area contributed by atoms with E-state index in [0.29, 0.717) is 18.1 Å². The molecular formula is C15H19N3O. The molecule has 2 heterocycles. The van der Waals surface area contributed by atoms with Crippen LogP contribution in [-0.2, 0) is 18.3 Å². The number of carbonyl (C=O) groups excluding carboxylic acids is 1. The summed E-state index contributed by atoms with van der Waals surface area (Å²) in [7, 11) is 1.98. The molecule has 0 spiro atoms. The van der Waals surface area contributed by atoms with Crippen molar-refractivity contribution in [1.82, 2.24) is 14.9 Å². The van der Waals surface area contributed by atoms with E-state index in [9.17, 15) is 4.79 Å². The van der Waals surface area contributed by atoms with Crippen LogP contribution in [0, 0.1) is 11.8 Å². The zero-order chi connectivity index (χ0) is 13.4. The average Bonchev–Trinajstić information content (AvgIpc) is 2.95. The number of benzene rings is 1. The third kappa shape index (κ3) is 2.16. The molecule has 1 N–H and O–H groups in total. The predicted octanol–water partition coefficient (Wildman–Crippen LogP) is 1.54. The summed E-state index contributed by atoms with van der Waals surface area (Å²) in [5.74, 6) is 1.74. The van der Waals surface area contributed by atoms with Crippen LogP contribution in [0.3, 0.4) is 0 Å². The van der Waals surface area contributed by atoms with Gasteiger partial charge < -0.3 is 9.88 Å². The van der Waals surface area contributed by atoms with Crippen LogP contribution in [0.4, 0.5) is 0 Å². The molecule has 1 aliphatic heterocycles. The molecule has 0 bridgehead atoms. The summed E-state index contributed by atoms with van der Waals surface area (Å²) >= 11 is 0. The van der Waals surface area contributed by atoms with Gasteiger partial charge in [0, 0.05) is 19.5 Å². The molecule has 2 aromatic rings. The van der Waals surface area contributed by atoms with Crippen molar-refractivity contribution >= 4 is 16.8 Å². The lowest BCUT2D eigenvalue weighted by molar-refractivity contribution is -0.122. The first kappa shape index (κ1) is 12.4. The van der Waals surface area contributed by atoms with Crippen LogP contribution in [0.2, 0.25) is 0 Å². The highest BCUT2D eigenvalue weighted by Crippen LogP contribution is 2.20. The maximum Gasteiger partial charge on any atom is 0.145 e. The maximum absolute atomic E-state index is 12.4. The maximum atomic E-state index is 12.4. The van der Waals surface area contributed by atoms with Crippen LogP contribution in [0.15, 0.2) is 24.3 Å². The third-order valence-corrected chi connectivity index (χ3v) is 4.14. The van der Waals surface area contributed by atoms with Gasteiger partial charge in [0.2, 0.25) is 0 Å². The first-order valence-electron chi connectivity index (χ1n) is 6.80. The van der Waals surface area contributed by atoms with E-state index in [2.05, 4.69) is 17.2 Å². The molecular weight excluding hydrogens is 238 g/mol. The minimum absolute atomic E-state index is 0.139. The van der Waals surface area contributed by atoms with Crippen molar-refractivity contribution in [2.24, 2.45) is 18.9 Å². The Morgan fingerprint density at radius 2 is 2.21 bits per heavy atom. The van der Waals surface area contributed by atoms with Crippen LogP contribution in [0.25, 0.3) is 11.0 Å². The number of hydrogen-bond donors (Lipinski definition) is 1. The highest BCUT2D eigenvalue weighted by atomic mass is 16.1. The number of aryl methyl sites for hydroxylation is 1. The van der Waals surface area contributed by atoms with Gasteiger partial charge in [-0.3, -0.25) is 4.79 Å². The summed E-state index contributed by atoms with van der Waals surface area (Å²) in [6, 6.07) is 8.00. The Bertz CT molecular complexity index is 617. The summed E-state index contributed by atoms with van der Waals surface area (Å²) in [5, 5.41) is 3.28. The second-order valence-corrected chi connectivity index (χ2v) is 5.46. The van der Waals surface area contributed by atoms with E-state index < -0.39 is 0 Å². The number of hydrogen-bond acceptors (Lipinski definition) is 3. The van der Waals surface area contributed by atoms with Gasteiger partial charge in [-0.1, -0.05) is 19.1 Å². The smallest absolute Gasteiger partial charge is 0.145 e. The van der Waals surface area contributed by atoms with Gasteiger partial charge in [-0.25, -0.2) is 4.98 Å². The van der Waals surface area contributed by atoms with Crippen molar-refractivity contribution in [1.29, 1.82) is 0 Å². The summed E-state index contributed by atoms with van der Waals surface area (Å²) < 4.78 is 2.03. The van der Waals surface area contributed by atoms with Gasteiger partial charge in [0.25, 0.3) is 0 Å². The van der Waals surface area contributed by atoms with E-state index in [-0.39, 0.29) is 5.92 Å². The van der Waals surface area contributed by atoms with E-state index in [1.54, 1.807) is 0 Å². The van der Waals surface area contributed by atoms with E-state index in [1.165, 1.54) is 0 Å². The van der Waals surface area contributed by atoms with Crippen molar-refractivity contribution in [2.75, 3.05) is 13.1 Å². The van der Waals surface area contributed by atoms with Crippen LogP contribution < -0.4 is 5.32 Å². The number of nitrogens with zero attached hydrogens (tertiary/aromatic N) is 2. The topological polar surface area (TPSA) is 46.9 Å². The zero-order valence-electron chi connectivity index (χ0n) is 11.4. The quantitative estimate of drug-likeness (QED) is 0.907. The van der Waals surface area contributed by atoms with E-state index >= 15 is 0 Å². The van der Waals surface area contributed by atoms with Gasteiger partial charge >= 0.3 is 0 Å². The summed E-state index contributed by atoms with van der Waals surface area (Å²) in [6.07, 6.45) is 0.432. The fourth-order valence-corrected chi connectivity index (χ4v) is 2.88. The second kappa shape index (κ2) is 4.78. The van der Waals surface area contributed by atoms with Crippen molar-refractivity contribution < 1.29 is 4.79 Å². The van der Waals surface area contributed by atoms with Gasteiger partial charge in [0.15, 0.2) is 0 Å². The lowest BCUT2D eigenvalue weighted by Gasteiger charge is -2.12. The molecule has 1 aromatic carbocycles. The Morgan fingerprint density at radius 3 is 2.89 bits per heavy atom. The molecule has 1 fully saturated rings. The number of ketones is 1.